The number of allylic oxidation sites excluding steroid dienone is 2. The minimum absolute atomic E-state index is 0.225. The van der Waals surface area contributed by atoms with Crippen LogP contribution in [0.5, 0.6) is 0 Å². The number of benzene rings is 2. The van der Waals surface area contributed by atoms with Crippen LogP contribution in [0.1, 0.15) is 50.9 Å². The number of aromatic amines is 1. The van der Waals surface area contributed by atoms with Crippen LogP contribution in [0.15, 0.2) is 72.3 Å². The van der Waals surface area contributed by atoms with Crippen LogP contribution in [0.25, 0.3) is 17.3 Å². The van der Waals surface area contributed by atoms with E-state index in [4.69, 9.17) is 4.99 Å². The van der Waals surface area contributed by atoms with E-state index in [1.807, 2.05) is 61.5 Å². The molecule has 3 N–H and O–H groups in total. The summed E-state index contributed by atoms with van der Waals surface area (Å²) >= 11 is 0. The van der Waals surface area contributed by atoms with Crippen molar-refractivity contribution in [2.45, 2.75) is 20.8 Å². The van der Waals surface area contributed by atoms with Crippen LogP contribution in [-0.4, -0.2) is 27.7 Å². The molecular weight excluding hydrogens is 426 g/mol. The summed E-state index contributed by atoms with van der Waals surface area (Å²) in [4.78, 5) is 32.3. The van der Waals surface area contributed by atoms with Gasteiger partial charge in [-0.25, -0.2) is 9.79 Å². The van der Waals surface area contributed by atoms with Gasteiger partial charge in [0.05, 0.1) is 22.5 Å². The molecule has 6 heteroatoms. The second kappa shape index (κ2) is 9.19. The normalized spacial score (nSPS) is 14.8. The Morgan fingerprint density at radius 2 is 1.82 bits per heavy atom. The van der Waals surface area contributed by atoms with Gasteiger partial charge in [-0.1, -0.05) is 49.1 Å². The number of H-pyrrole nitrogens is 1. The van der Waals surface area contributed by atoms with Crippen LogP contribution < -0.4 is 5.32 Å². The minimum Gasteiger partial charge on any atom is -0.478 e. The third kappa shape index (κ3) is 4.13. The third-order valence-electron chi connectivity index (χ3n) is 5.85. The Hall–Kier alpha value is -4.45. The van der Waals surface area contributed by atoms with Gasteiger partial charge in [0.15, 0.2) is 0 Å². The molecule has 2 heterocycles. The zero-order chi connectivity index (χ0) is 24.4. The van der Waals surface area contributed by atoms with E-state index in [2.05, 4.69) is 16.9 Å². The van der Waals surface area contributed by atoms with Crippen LogP contribution >= 0.6 is 0 Å². The first-order valence-corrected chi connectivity index (χ1v) is 10.9. The maximum Gasteiger partial charge on any atom is 0.337 e. The van der Waals surface area contributed by atoms with E-state index >= 15 is 0 Å². The van der Waals surface area contributed by atoms with Crippen LogP contribution in [0.4, 0.5) is 5.69 Å². The lowest BCUT2D eigenvalue weighted by atomic mass is 10.0. The summed E-state index contributed by atoms with van der Waals surface area (Å²) in [6, 6.07) is 15.5. The van der Waals surface area contributed by atoms with Crippen molar-refractivity contribution in [1.82, 2.24) is 4.98 Å². The Kier molecular flexibility index (Phi) is 6.15. The molecule has 1 amide bonds. The molecule has 6 nitrogen and oxygen atoms in total. The lowest BCUT2D eigenvalue weighted by Gasteiger charge is -2.08. The molecule has 0 bridgehead atoms. The van der Waals surface area contributed by atoms with Gasteiger partial charge in [-0.3, -0.25) is 4.79 Å². The predicted molar refractivity (Wildman–Crippen MR) is 137 cm³/mol. The quantitative estimate of drug-likeness (QED) is 0.324. The molecule has 1 aromatic heterocycles. The number of aromatic nitrogens is 1. The van der Waals surface area contributed by atoms with E-state index in [0.29, 0.717) is 28.2 Å². The van der Waals surface area contributed by atoms with E-state index in [0.717, 1.165) is 28.1 Å². The number of carbonyl (C=O) groups excluding carboxylic acids is 1. The molecule has 1 aliphatic rings. The fourth-order valence-corrected chi connectivity index (χ4v) is 4.14. The van der Waals surface area contributed by atoms with Crippen molar-refractivity contribution in [1.29, 1.82) is 0 Å². The summed E-state index contributed by atoms with van der Waals surface area (Å²) in [6.45, 7) is 9.26. The van der Waals surface area contributed by atoms with Crippen molar-refractivity contribution in [3.8, 4) is 0 Å². The molecule has 1 aliphatic heterocycles. The van der Waals surface area contributed by atoms with Crippen LogP contribution in [-0.2, 0) is 4.79 Å². The number of carboxylic acid groups (broad SMARTS) is 1. The van der Waals surface area contributed by atoms with Crippen molar-refractivity contribution in [2.75, 3.05) is 5.32 Å². The number of aryl methyl sites for hydroxylation is 1. The summed E-state index contributed by atoms with van der Waals surface area (Å²) in [5.41, 5.74) is 7.17. The van der Waals surface area contributed by atoms with Crippen molar-refractivity contribution < 1.29 is 14.7 Å². The predicted octanol–water partition coefficient (Wildman–Crippen LogP) is 5.86. The van der Waals surface area contributed by atoms with Gasteiger partial charge in [0.2, 0.25) is 0 Å². The Morgan fingerprint density at radius 3 is 2.44 bits per heavy atom. The lowest BCUT2D eigenvalue weighted by Crippen LogP contribution is -2.03. The molecule has 0 aliphatic carbocycles. The standard InChI is InChI=1S/C28H25N3O3/c1-5-22(18-10-8-7-9-11-18)30-23(6-2)19-12-13-24-20(14-19)21(27(32)31-24)15-25-16(3)26(28(33)34)17(4)29-25/h5-15,29H,1H2,2-4H3,(H,31,32)(H,33,34)/b21-15-,23-6-,30-22?. The second-order valence-corrected chi connectivity index (χ2v) is 7.98. The number of anilines is 1. The number of hydrogen-bond donors (Lipinski definition) is 3. The number of aliphatic imine (C=N–C) groups is 1. The van der Waals surface area contributed by atoms with Crippen molar-refractivity contribution in [3.05, 3.63) is 106 Å². The van der Waals surface area contributed by atoms with Gasteiger partial charge in [-0.2, -0.15) is 0 Å². The third-order valence-corrected chi connectivity index (χ3v) is 5.85. The Bertz CT molecular complexity index is 1410. The maximum absolute atomic E-state index is 12.8. The van der Waals surface area contributed by atoms with Crippen LogP contribution in [0.3, 0.4) is 0 Å². The summed E-state index contributed by atoms with van der Waals surface area (Å²) in [5, 5.41) is 12.4. The number of nitrogens with one attached hydrogen (secondary N) is 2. The van der Waals surface area contributed by atoms with Gasteiger partial charge in [-0.05, 0) is 50.6 Å². The summed E-state index contributed by atoms with van der Waals surface area (Å²) in [6.07, 6.45) is 5.34. The molecule has 2 aromatic carbocycles. The molecule has 0 unspecified atom stereocenters. The highest BCUT2D eigenvalue weighted by molar-refractivity contribution is 6.35. The maximum atomic E-state index is 12.8. The molecular formula is C28H25N3O3. The van der Waals surface area contributed by atoms with Crippen LogP contribution in [0, 0.1) is 13.8 Å². The SMILES string of the molecule is C=CC(=N/C(=C\C)c1ccc2c(c1)/C(=C/c1[nH]c(C)c(C(=O)O)c1C)C(=O)N2)c1ccccc1. The first kappa shape index (κ1) is 22.7. The average molecular weight is 452 g/mol. The van der Waals surface area contributed by atoms with E-state index < -0.39 is 5.97 Å². The zero-order valence-corrected chi connectivity index (χ0v) is 19.3. The molecule has 3 aromatic rings. The number of nitrogens with zero attached hydrogens (tertiary/aromatic N) is 1. The molecule has 34 heavy (non-hydrogen) atoms. The van der Waals surface area contributed by atoms with Crippen molar-refractivity contribution >= 4 is 40.6 Å². The second-order valence-electron chi connectivity index (χ2n) is 7.98. The molecule has 170 valence electrons. The van der Waals surface area contributed by atoms with Gasteiger partial charge in [0, 0.05) is 33.8 Å². The molecule has 0 spiro atoms. The molecule has 4 rings (SSSR count). The topological polar surface area (TPSA) is 94.6 Å². The Labute approximate surface area is 198 Å². The fourth-order valence-electron chi connectivity index (χ4n) is 4.14. The molecule has 0 saturated heterocycles. The largest absolute Gasteiger partial charge is 0.478 e. The van der Waals surface area contributed by atoms with E-state index in [1.54, 1.807) is 26.0 Å². The lowest BCUT2D eigenvalue weighted by molar-refractivity contribution is -0.110. The molecule has 0 saturated carbocycles. The summed E-state index contributed by atoms with van der Waals surface area (Å²) in [7, 11) is 0. The first-order chi connectivity index (χ1) is 16.3. The highest BCUT2D eigenvalue weighted by atomic mass is 16.4. The highest BCUT2D eigenvalue weighted by Gasteiger charge is 2.26. The van der Waals surface area contributed by atoms with Crippen molar-refractivity contribution in [2.24, 2.45) is 4.99 Å². The minimum atomic E-state index is -0.999. The van der Waals surface area contributed by atoms with Crippen LogP contribution in [0.2, 0.25) is 0 Å². The van der Waals surface area contributed by atoms with Gasteiger partial charge < -0.3 is 15.4 Å². The number of carboxylic acids is 1. The smallest absolute Gasteiger partial charge is 0.337 e. The number of rotatable bonds is 6. The van der Waals surface area contributed by atoms with E-state index in [1.165, 1.54) is 0 Å². The molecule has 0 atom stereocenters. The number of amides is 1. The Balaban J connectivity index is 1.77. The van der Waals surface area contributed by atoms with Gasteiger partial charge >= 0.3 is 5.97 Å². The monoisotopic (exact) mass is 451 g/mol. The number of aromatic carboxylic acids is 1. The average Bonchev–Trinajstić information content (AvgIpc) is 3.29. The number of carbonyl (C=O) groups is 2. The van der Waals surface area contributed by atoms with Gasteiger partial charge in [0.25, 0.3) is 5.91 Å². The first-order valence-electron chi connectivity index (χ1n) is 10.9. The van der Waals surface area contributed by atoms with Gasteiger partial charge in [0.1, 0.15) is 0 Å². The van der Waals surface area contributed by atoms with Gasteiger partial charge in [-0.15, -0.1) is 0 Å². The van der Waals surface area contributed by atoms with E-state index in [-0.39, 0.29) is 11.5 Å². The molecule has 0 radical (unpaired) electrons. The summed E-state index contributed by atoms with van der Waals surface area (Å²) < 4.78 is 0. The number of fused-ring (bicyclic) bond motifs is 1. The summed E-state index contributed by atoms with van der Waals surface area (Å²) in [5.74, 6) is -1.24. The van der Waals surface area contributed by atoms with Crippen molar-refractivity contribution in [3.63, 3.8) is 0 Å². The zero-order valence-electron chi connectivity index (χ0n) is 19.3. The highest BCUT2D eigenvalue weighted by Crippen LogP contribution is 2.36. The Morgan fingerprint density at radius 1 is 1.09 bits per heavy atom. The number of hydrogen-bond acceptors (Lipinski definition) is 3. The molecule has 0 fully saturated rings. The van der Waals surface area contributed by atoms with E-state index in [9.17, 15) is 14.7 Å². The fraction of sp³-hybridized carbons (Fsp3) is 0.107.